The summed E-state index contributed by atoms with van der Waals surface area (Å²) in [6.45, 7) is 2.01. The van der Waals surface area contributed by atoms with Crippen LogP contribution >= 0.6 is 0 Å². The topological polar surface area (TPSA) is 43.4 Å². The Labute approximate surface area is 174 Å². The molecule has 0 saturated heterocycles. The smallest absolute Gasteiger partial charge is 0.416 e. The molecule has 1 atom stereocenters. The molecule has 0 aliphatic rings. The number of halogens is 3. The van der Waals surface area contributed by atoms with Crippen LogP contribution in [-0.4, -0.2) is 8.42 Å². The Morgan fingerprint density at radius 1 is 0.900 bits per heavy atom. The molecule has 0 saturated carbocycles. The van der Waals surface area contributed by atoms with Crippen LogP contribution in [0.5, 0.6) is 5.75 Å². The van der Waals surface area contributed by atoms with E-state index < -0.39 is 26.8 Å². The molecule has 0 bridgehead atoms. The third-order valence-electron chi connectivity index (χ3n) is 4.71. The second-order valence-corrected chi connectivity index (χ2v) is 8.94. The minimum absolute atomic E-state index is 0.209. The van der Waals surface area contributed by atoms with Crippen LogP contribution in [0.3, 0.4) is 0 Å². The van der Waals surface area contributed by atoms with E-state index >= 15 is 0 Å². The van der Waals surface area contributed by atoms with Crippen molar-refractivity contribution in [1.82, 2.24) is 0 Å². The molecule has 0 spiro atoms. The van der Waals surface area contributed by atoms with Gasteiger partial charge < -0.3 is 4.74 Å². The normalized spacial score (nSPS) is 13.1. The first-order valence-electron chi connectivity index (χ1n) is 9.39. The van der Waals surface area contributed by atoms with Crippen molar-refractivity contribution in [3.05, 3.63) is 95.6 Å². The lowest BCUT2D eigenvalue weighted by atomic mass is 10.1. The molecule has 0 amide bonds. The van der Waals surface area contributed by atoms with Crippen molar-refractivity contribution in [2.24, 2.45) is 0 Å². The highest BCUT2D eigenvalue weighted by atomic mass is 32.2. The van der Waals surface area contributed by atoms with Gasteiger partial charge in [-0.3, -0.25) is 0 Å². The van der Waals surface area contributed by atoms with E-state index in [0.717, 1.165) is 17.7 Å². The van der Waals surface area contributed by atoms with Crippen molar-refractivity contribution in [2.75, 3.05) is 0 Å². The number of ether oxygens (including phenoxy) is 1. The van der Waals surface area contributed by atoms with Gasteiger partial charge in [-0.15, -0.1) is 0 Å². The first-order chi connectivity index (χ1) is 14.2. The lowest BCUT2D eigenvalue weighted by Gasteiger charge is -2.18. The Morgan fingerprint density at radius 3 is 2.27 bits per heavy atom. The summed E-state index contributed by atoms with van der Waals surface area (Å²) in [4.78, 5) is -0.347. The van der Waals surface area contributed by atoms with E-state index in [4.69, 9.17) is 4.74 Å². The van der Waals surface area contributed by atoms with E-state index in [1.54, 1.807) is 31.2 Å². The van der Waals surface area contributed by atoms with Crippen LogP contribution in [0.2, 0.25) is 0 Å². The van der Waals surface area contributed by atoms with Gasteiger partial charge in [0, 0.05) is 0 Å². The summed E-state index contributed by atoms with van der Waals surface area (Å²) in [5.41, 5.74) is 0.449. The number of benzene rings is 3. The summed E-state index contributed by atoms with van der Waals surface area (Å²) in [5, 5.41) is -0.985. The van der Waals surface area contributed by atoms with Gasteiger partial charge in [0.2, 0.25) is 0 Å². The Bertz CT molecular complexity index is 1090. The largest absolute Gasteiger partial charge is 0.489 e. The Hall–Kier alpha value is -2.80. The molecule has 0 N–H and O–H groups in total. The maximum absolute atomic E-state index is 13.1. The third-order valence-corrected chi connectivity index (χ3v) is 6.98. The minimum Gasteiger partial charge on any atom is -0.489 e. The molecule has 0 heterocycles. The lowest BCUT2D eigenvalue weighted by molar-refractivity contribution is -0.137. The molecular weight excluding hydrogens is 413 g/mol. The van der Waals surface area contributed by atoms with Gasteiger partial charge in [-0.05, 0) is 47.9 Å². The maximum Gasteiger partial charge on any atom is 0.416 e. The van der Waals surface area contributed by atoms with Crippen molar-refractivity contribution in [1.29, 1.82) is 0 Å². The standard InChI is InChI=1S/C23H21F3O3S/c1-2-22(30(27,28)21-13-7-11-19(15-21)23(24,25)26)18-10-6-12-20(14-18)29-16-17-8-4-3-5-9-17/h3-15,22H,2,16H2,1H3. The van der Waals surface area contributed by atoms with Gasteiger partial charge in [-0.1, -0.05) is 55.5 Å². The van der Waals surface area contributed by atoms with Gasteiger partial charge in [0.25, 0.3) is 0 Å². The lowest BCUT2D eigenvalue weighted by Crippen LogP contribution is -2.15. The summed E-state index contributed by atoms with van der Waals surface area (Å²) in [6.07, 6.45) is -4.40. The molecule has 0 aromatic heterocycles. The number of hydrogen-bond acceptors (Lipinski definition) is 3. The van der Waals surface area contributed by atoms with Crippen LogP contribution in [0, 0.1) is 0 Å². The Kier molecular flexibility index (Phi) is 6.51. The molecule has 3 rings (SSSR count). The van der Waals surface area contributed by atoms with E-state index in [9.17, 15) is 21.6 Å². The average molecular weight is 434 g/mol. The van der Waals surface area contributed by atoms with Crippen LogP contribution in [0.4, 0.5) is 13.2 Å². The second kappa shape index (κ2) is 8.92. The maximum atomic E-state index is 13.1. The summed E-state index contributed by atoms with van der Waals surface area (Å²) >= 11 is 0. The number of sulfone groups is 1. The number of hydrogen-bond donors (Lipinski definition) is 0. The summed E-state index contributed by atoms with van der Waals surface area (Å²) in [7, 11) is -4.03. The SMILES string of the molecule is CCC(c1cccc(OCc2ccccc2)c1)S(=O)(=O)c1cccc(C(F)(F)F)c1. The molecule has 158 valence electrons. The molecular formula is C23H21F3O3S. The molecule has 1 unspecified atom stereocenters. The summed E-state index contributed by atoms with van der Waals surface area (Å²) in [6, 6.07) is 20.0. The molecule has 0 aliphatic heterocycles. The fourth-order valence-corrected chi connectivity index (χ4v) is 5.03. The highest BCUT2D eigenvalue weighted by Crippen LogP contribution is 2.36. The van der Waals surface area contributed by atoms with E-state index in [-0.39, 0.29) is 11.3 Å². The van der Waals surface area contributed by atoms with Crippen LogP contribution < -0.4 is 4.74 Å². The van der Waals surface area contributed by atoms with Crippen LogP contribution in [0.1, 0.15) is 35.3 Å². The van der Waals surface area contributed by atoms with Crippen molar-refractivity contribution in [2.45, 2.75) is 36.3 Å². The van der Waals surface area contributed by atoms with Crippen molar-refractivity contribution < 1.29 is 26.3 Å². The van der Waals surface area contributed by atoms with Crippen LogP contribution in [-0.2, 0) is 22.6 Å². The zero-order valence-electron chi connectivity index (χ0n) is 16.3. The molecule has 0 aliphatic carbocycles. The van der Waals surface area contributed by atoms with Gasteiger partial charge in [0.1, 0.15) is 12.4 Å². The third kappa shape index (κ3) is 5.02. The summed E-state index contributed by atoms with van der Waals surface area (Å²) in [5.74, 6) is 0.494. The fraction of sp³-hybridized carbons (Fsp3) is 0.217. The van der Waals surface area contributed by atoms with Gasteiger partial charge in [-0.25, -0.2) is 8.42 Å². The van der Waals surface area contributed by atoms with Crippen LogP contribution in [0.25, 0.3) is 0 Å². The van der Waals surface area contributed by atoms with E-state index in [2.05, 4.69) is 0 Å². The number of rotatable bonds is 7. The number of alkyl halides is 3. The van der Waals surface area contributed by atoms with Gasteiger partial charge in [0.15, 0.2) is 9.84 Å². The average Bonchev–Trinajstić information content (AvgIpc) is 2.73. The Morgan fingerprint density at radius 2 is 1.60 bits per heavy atom. The first-order valence-corrected chi connectivity index (χ1v) is 10.9. The zero-order valence-corrected chi connectivity index (χ0v) is 17.1. The molecule has 3 aromatic carbocycles. The Balaban J connectivity index is 1.88. The van der Waals surface area contributed by atoms with E-state index in [1.165, 1.54) is 6.07 Å². The molecule has 3 aromatic rings. The van der Waals surface area contributed by atoms with Crippen molar-refractivity contribution in [3.8, 4) is 5.75 Å². The molecule has 0 fully saturated rings. The highest BCUT2D eigenvalue weighted by Gasteiger charge is 2.34. The van der Waals surface area contributed by atoms with Crippen molar-refractivity contribution >= 4 is 9.84 Å². The predicted octanol–water partition coefficient (Wildman–Crippen LogP) is 6.21. The van der Waals surface area contributed by atoms with Gasteiger partial charge in [0.05, 0.1) is 15.7 Å². The van der Waals surface area contributed by atoms with E-state index in [1.807, 2.05) is 30.3 Å². The van der Waals surface area contributed by atoms with Crippen molar-refractivity contribution in [3.63, 3.8) is 0 Å². The monoisotopic (exact) mass is 434 g/mol. The zero-order chi connectivity index (χ0) is 21.8. The molecule has 7 heteroatoms. The summed E-state index contributed by atoms with van der Waals surface area (Å²) < 4.78 is 71.1. The fourth-order valence-electron chi connectivity index (χ4n) is 3.19. The van der Waals surface area contributed by atoms with E-state index in [0.29, 0.717) is 24.0 Å². The quantitative estimate of drug-likeness (QED) is 0.444. The minimum atomic E-state index is -4.61. The second-order valence-electron chi connectivity index (χ2n) is 6.81. The molecule has 3 nitrogen and oxygen atoms in total. The van der Waals surface area contributed by atoms with Gasteiger partial charge in [-0.2, -0.15) is 13.2 Å². The highest BCUT2D eigenvalue weighted by molar-refractivity contribution is 7.91. The molecule has 0 radical (unpaired) electrons. The van der Waals surface area contributed by atoms with Gasteiger partial charge >= 0.3 is 6.18 Å². The van der Waals surface area contributed by atoms with Crippen LogP contribution in [0.15, 0.2) is 83.8 Å². The predicted molar refractivity (Wildman–Crippen MR) is 109 cm³/mol. The first kappa shape index (κ1) is 21.9. The molecule has 30 heavy (non-hydrogen) atoms.